The largest absolute Gasteiger partial charge is 0.493 e. The van der Waals surface area contributed by atoms with Crippen LogP contribution in [0, 0.1) is 0 Å². The number of nitrogens with zero attached hydrogens (tertiary/aromatic N) is 3. The molecule has 1 fully saturated rings. The molecule has 26 heavy (non-hydrogen) atoms. The van der Waals surface area contributed by atoms with E-state index < -0.39 is 0 Å². The topological polar surface area (TPSA) is 76.6 Å². The van der Waals surface area contributed by atoms with E-state index in [4.69, 9.17) is 9.47 Å². The molecular formula is C19H24N4O3. The normalized spacial score (nSPS) is 14.5. The molecule has 1 amide bonds. The van der Waals surface area contributed by atoms with Crippen molar-refractivity contribution < 1.29 is 14.3 Å². The summed E-state index contributed by atoms with van der Waals surface area (Å²) in [6.07, 6.45) is 4.89. The first-order valence-corrected chi connectivity index (χ1v) is 8.83. The summed E-state index contributed by atoms with van der Waals surface area (Å²) in [5, 5.41) is 11.2. The van der Waals surface area contributed by atoms with Gasteiger partial charge >= 0.3 is 0 Å². The van der Waals surface area contributed by atoms with Crippen molar-refractivity contribution in [3.05, 3.63) is 35.9 Å². The number of carbonyl (C=O) groups excluding carboxylic acids is 1. The van der Waals surface area contributed by atoms with Crippen LogP contribution in [0.3, 0.4) is 0 Å². The summed E-state index contributed by atoms with van der Waals surface area (Å²) in [4.78, 5) is 14.7. The van der Waals surface area contributed by atoms with Crippen molar-refractivity contribution in [2.24, 2.45) is 0 Å². The molecule has 0 bridgehead atoms. The van der Waals surface area contributed by atoms with Crippen LogP contribution in [0.4, 0.5) is 11.6 Å². The molecule has 138 valence electrons. The highest BCUT2D eigenvalue weighted by Gasteiger charge is 2.14. The van der Waals surface area contributed by atoms with Crippen molar-refractivity contribution in [2.75, 3.05) is 37.5 Å². The molecule has 0 atom stereocenters. The van der Waals surface area contributed by atoms with Crippen LogP contribution < -0.4 is 19.7 Å². The summed E-state index contributed by atoms with van der Waals surface area (Å²) in [6.45, 7) is 2.01. The van der Waals surface area contributed by atoms with Crippen LogP contribution >= 0.6 is 0 Å². The minimum atomic E-state index is -0.275. The first-order chi connectivity index (χ1) is 12.7. The Morgan fingerprint density at radius 2 is 1.69 bits per heavy atom. The van der Waals surface area contributed by atoms with Crippen LogP contribution in [-0.4, -0.2) is 43.4 Å². The van der Waals surface area contributed by atoms with E-state index in [1.807, 2.05) is 6.07 Å². The summed E-state index contributed by atoms with van der Waals surface area (Å²) in [5.41, 5.74) is 0.459. The third kappa shape index (κ3) is 4.22. The van der Waals surface area contributed by atoms with Gasteiger partial charge < -0.3 is 19.7 Å². The summed E-state index contributed by atoms with van der Waals surface area (Å²) in [6, 6.07) is 8.69. The number of aromatic nitrogens is 2. The fraction of sp³-hybridized carbons (Fsp3) is 0.421. The van der Waals surface area contributed by atoms with Gasteiger partial charge in [-0.05, 0) is 43.2 Å². The molecule has 7 nitrogen and oxygen atoms in total. The van der Waals surface area contributed by atoms with E-state index in [9.17, 15) is 4.79 Å². The van der Waals surface area contributed by atoms with Gasteiger partial charge in [0.2, 0.25) is 0 Å². The lowest BCUT2D eigenvalue weighted by Gasteiger charge is -2.20. The standard InChI is InChI=1S/C19H24N4O3/c1-25-15-8-7-14(13-16(15)26-2)19(24)20-17-9-10-18(22-21-17)23-11-5-3-4-6-12-23/h7-10,13H,3-6,11-12H2,1-2H3,(H,20,21,24). The maximum absolute atomic E-state index is 12.4. The van der Waals surface area contributed by atoms with Crippen molar-refractivity contribution in [1.82, 2.24) is 10.2 Å². The number of ether oxygens (including phenoxy) is 2. The summed E-state index contributed by atoms with van der Waals surface area (Å²) >= 11 is 0. The predicted octanol–water partition coefficient (Wildman–Crippen LogP) is 3.13. The van der Waals surface area contributed by atoms with Gasteiger partial charge in [-0.25, -0.2) is 0 Å². The minimum absolute atomic E-state index is 0.275. The number of anilines is 2. The van der Waals surface area contributed by atoms with Gasteiger partial charge in [0, 0.05) is 18.7 Å². The number of nitrogens with one attached hydrogen (secondary N) is 1. The smallest absolute Gasteiger partial charge is 0.257 e. The molecule has 7 heteroatoms. The van der Waals surface area contributed by atoms with Crippen LogP contribution in [0.25, 0.3) is 0 Å². The van der Waals surface area contributed by atoms with E-state index in [0.29, 0.717) is 22.9 Å². The average molecular weight is 356 g/mol. The third-order valence-electron chi connectivity index (χ3n) is 4.47. The summed E-state index contributed by atoms with van der Waals surface area (Å²) in [7, 11) is 3.09. The molecule has 1 aliphatic rings. The maximum Gasteiger partial charge on any atom is 0.257 e. The quantitative estimate of drug-likeness (QED) is 0.887. The number of carbonyl (C=O) groups is 1. The van der Waals surface area contributed by atoms with Gasteiger partial charge in [-0.15, -0.1) is 10.2 Å². The molecule has 1 aliphatic heterocycles. The van der Waals surface area contributed by atoms with Crippen LogP contribution in [0.5, 0.6) is 11.5 Å². The van der Waals surface area contributed by atoms with Crippen LogP contribution in [0.2, 0.25) is 0 Å². The molecule has 3 rings (SSSR count). The third-order valence-corrected chi connectivity index (χ3v) is 4.47. The van der Waals surface area contributed by atoms with Crippen molar-refractivity contribution in [3.63, 3.8) is 0 Å². The molecule has 1 N–H and O–H groups in total. The zero-order chi connectivity index (χ0) is 18.4. The minimum Gasteiger partial charge on any atom is -0.493 e. The Morgan fingerprint density at radius 1 is 0.962 bits per heavy atom. The van der Waals surface area contributed by atoms with Crippen LogP contribution in [0.15, 0.2) is 30.3 Å². The van der Waals surface area contributed by atoms with Gasteiger partial charge in [0.15, 0.2) is 23.1 Å². The number of hydrogen-bond donors (Lipinski definition) is 1. The Balaban J connectivity index is 1.67. The van der Waals surface area contributed by atoms with Crippen molar-refractivity contribution in [1.29, 1.82) is 0 Å². The number of amides is 1. The fourth-order valence-corrected chi connectivity index (χ4v) is 3.03. The van der Waals surface area contributed by atoms with Crippen molar-refractivity contribution >= 4 is 17.5 Å². The van der Waals surface area contributed by atoms with E-state index in [1.165, 1.54) is 32.8 Å². The number of rotatable bonds is 5. The Bertz CT molecular complexity index is 741. The molecule has 0 saturated carbocycles. The fourth-order valence-electron chi connectivity index (χ4n) is 3.03. The molecule has 2 aromatic rings. The van der Waals surface area contributed by atoms with E-state index in [-0.39, 0.29) is 5.91 Å². The number of hydrogen-bond acceptors (Lipinski definition) is 6. The van der Waals surface area contributed by atoms with Gasteiger partial charge in [-0.2, -0.15) is 0 Å². The molecule has 1 aromatic heterocycles. The zero-order valence-corrected chi connectivity index (χ0v) is 15.2. The van der Waals surface area contributed by atoms with Gasteiger partial charge in [-0.1, -0.05) is 12.8 Å². The second-order valence-corrected chi connectivity index (χ2v) is 6.20. The summed E-state index contributed by atoms with van der Waals surface area (Å²) in [5.74, 6) is 2.08. The van der Waals surface area contributed by atoms with E-state index >= 15 is 0 Å². The van der Waals surface area contributed by atoms with Gasteiger partial charge in [0.05, 0.1) is 14.2 Å². The van der Waals surface area contributed by atoms with Crippen molar-refractivity contribution in [2.45, 2.75) is 25.7 Å². The molecule has 0 radical (unpaired) electrons. The first kappa shape index (κ1) is 18.0. The lowest BCUT2D eigenvalue weighted by Crippen LogP contribution is -2.25. The zero-order valence-electron chi connectivity index (χ0n) is 15.2. The number of methoxy groups -OCH3 is 2. The van der Waals surface area contributed by atoms with Crippen LogP contribution in [-0.2, 0) is 0 Å². The highest BCUT2D eigenvalue weighted by Crippen LogP contribution is 2.27. The Labute approximate surface area is 153 Å². The average Bonchev–Trinajstić information content (AvgIpc) is 2.97. The SMILES string of the molecule is COc1ccc(C(=O)Nc2ccc(N3CCCCCC3)nn2)cc1OC. The molecule has 1 aromatic carbocycles. The molecule has 0 spiro atoms. The molecular weight excluding hydrogens is 332 g/mol. The second-order valence-electron chi connectivity index (χ2n) is 6.20. The van der Waals surface area contributed by atoms with Gasteiger partial charge in [0.1, 0.15) is 0 Å². The Morgan fingerprint density at radius 3 is 2.31 bits per heavy atom. The highest BCUT2D eigenvalue weighted by molar-refractivity contribution is 6.04. The lowest BCUT2D eigenvalue weighted by atomic mass is 10.2. The maximum atomic E-state index is 12.4. The summed E-state index contributed by atoms with van der Waals surface area (Å²) < 4.78 is 10.4. The van der Waals surface area contributed by atoms with E-state index in [2.05, 4.69) is 20.4 Å². The van der Waals surface area contributed by atoms with E-state index in [0.717, 1.165) is 18.9 Å². The monoisotopic (exact) mass is 356 g/mol. The molecule has 2 heterocycles. The Kier molecular flexibility index (Phi) is 5.88. The van der Waals surface area contributed by atoms with E-state index in [1.54, 1.807) is 31.4 Å². The predicted molar refractivity (Wildman–Crippen MR) is 100 cm³/mol. The first-order valence-electron chi connectivity index (χ1n) is 8.83. The Hall–Kier alpha value is -2.83. The second kappa shape index (κ2) is 8.51. The molecule has 1 saturated heterocycles. The molecule has 0 unspecified atom stereocenters. The lowest BCUT2D eigenvalue weighted by molar-refractivity contribution is 0.102. The van der Waals surface area contributed by atoms with Crippen molar-refractivity contribution in [3.8, 4) is 11.5 Å². The van der Waals surface area contributed by atoms with Gasteiger partial charge in [-0.3, -0.25) is 4.79 Å². The highest BCUT2D eigenvalue weighted by atomic mass is 16.5. The van der Waals surface area contributed by atoms with Gasteiger partial charge in [0.25, 0.3) is 5.91 Å². The number of benzene rings is 1. The molecule has 0 aliphatic carbocycles. The van der Waals surface area contributed by atoms with Crippen LogP contribution in [0.1, 0.15) is 36.0 Å².